The summed E-state index contributed by atoms with van der Waals surface area (Å²) in [6.45, 7) is 1.83. The fourth-order valence-corrected chi connectivity index (χ4v) is 4.19. The Morgan fingerprint density at radius 2 is 1.73 bits per heavy atom. The van der Waals surface area contributed by atoms with E-state index in [-0.39, 0.29) is 16.5 Å². The van der Waals surface area contributed by atoms with Gasteiger partial charge in [-0.2, -0.15) is 0 Å². The number of nitrogens with one attached hydrogen (secondary N) is 2. The van der Waals surface area contributed by atoms with Gasteiger partial charge in [-0.15, -0.1) is 0 Å². The number of amides is 1. The molecule has 2 N–H and O–H groups in total. The minimum absolute atomic E-state index is 0.0311. The molecule has 0 heterocycles. The number of hydrogen-bond donors (Lipinski definition) is 2. The standard InChI is InChI=1S/C22H21ClN2O4S/c1-15(16-7-5-9-18(23)13-16)24-22(26)17-8-6-10-19(14-17)30(27,28)25-20-11-3-4-12-21(20)29-2/h3-15,25H,1-2H3,(H,24,26). The highest BCUT2D eigenvalue weighted by Crippen LogP contribution is 2.26. The monoisotopic (exact) mass is 444 g/mol. The average Bonchev–Trinajstić information content (AvgIpc) is 2.74. The highest BCUT2D eigenvalue weighted by Gasteiger charge is 2.19. The number of anilines is 1. The predicted octanol–water partition coefficient (Wildman–Crippen LogP) is 4.64. The Balaban J connectivity index is 1.80. The largest absolute Gasteiger partial charge is 0.495 e. The van der Waals surface area contributed by atoms with Gasteiger partial charge < -0.3 is 10.1 Å². The van der Waals surface area contributed by atoms with Crippen LogP contribution in [0.1, 0.15) is 28.9 Å². The molecule has 30 heavy (non-hydrogen) atoms. The van der Waals surface area contributed by atoms with Crippen molar-refractivity contribution < 1.29 is 17.9 Å². The lowest BCUT2D eigenvalue weighted by molar-refractivity contribution is 0.0939. The van der Waals surface area contributed by atoms with Gasteiger partial charge in [0.2, 0.25) is 0 Å². The molecule has 156 valence electrons. The molecule has 8 heteroatoms. The molecule has 3 aromatic rings. The maximum atomic E-state index is 12.8. The van der Waals surface area contributed by atoms with Crippen molar-refractivity contribution in [1.29, 1.82) is 0 Å². The topological polar surface area (TPSA) is 84.5 Å². The minimum Gasteiger partial charge on any atom is -0.495 e. The SMILES string of the molecule is COc1ccccc1NS(=O)(=O)c1cccc(C(=O)NC(C)c2cccc(Cl)c2)c1. The van der Waals surface area contributed by atoms with Crippen LogP contribution in [0.3, 0.4) is 0 Å². The summed E-state index contributed by atoms with van der Waals surface area (Å²) in [5.74, 6) is 0.00198. The Kier molecular flexibility index (Phi) is 6.64. The van der Waals surface area contributed by atoms with Crippen LogP contribution in [0.2, 0.25) is 5.02 Å². The summed E-state index contributed by atoms with van der Waals surface area (Å²) in [5, 5.41) is 3.43. The molecule has 0 aromatic heterocycles. The van der Waals surface area contributed by atoms with Gasteiger partial charge in [0.25, 0.3) is 15.9 Å². The molecule has 1 unspecified atom stereocenters. The van der Waals surface area contributed by atoms with Crippen LogP contribution in [0.25, 0.3) is 0 Å². The lowest BCUT2D eigenvalue weighted by atomic mass is 10.1. The van der Waals surface area contributed by atoms with Gasteiger partial charge in [-0.1, -0.05) is 41.9 Å². The second-order valence-corrected chi connectivity index (χ2v) is 8.70. The van der Waals surface area contributed by atoms with E-state index >= 15 is 0 Å². The Bertz CT molecular complexity index is 1170. The Morgan fingerprint density at radius 3 is 2.47 bits per heavy atom. The number of halogens is 1. The van der Waals surface area contributed by atoms with Crippen molar-refractivity contribution in [2.75, 3.05) is 11.8 Å². The first-order valence-electron chi connectivity index (χ1n) is 9.12. The number of carbonyl (C=O) groups is 1. The third-order valence-corrected chi connectivity index (χ3v) is 6.05. The molecule has 0 bridgehead atoms. The van der Waals surface area contributed by atoms with Crippen LogP contribution in [0.4, 0.5) is 5.69 Å². The third kappa shape index (κ3) is 5.11. The Hall–Kier alpha value is -3.03. The molecule has 3 aromatic carbocycles. The summed E-state index contributed by atoms with van der Waals surface area (Å²) in [6.07, 6.45) is 0. The average molecular weight is 445 g/mol. The van der Waals surface area contributed by atoms with Gasteiger partial charge in [0.1, 0.15) is 5.75 Å². The van der Waals surface area contributed by atoms with Crippen LogP contribution in [0, 0.1) is 0 Å². The molecular weight excluding hydrogens is 424 g/mol. The van der Waals surface area contributed by atoms with Gasteiger partial charge in [0.15, 0.2) is 0 Å². The first-order valence-corrected chi connectivity index (χ1v) is 11.0. The number of benzene rings is 3. The van der Waals surface area contributed by atoms with E-state index in [1.54, 1.807) is 48.5 Å². The molecule has 0 saturated heterocycles. The van der Waals surface area contributed by atoms with Crippen LogP contribution in [-0.2, 0) is 10.0 Å². The quantitative estimate of drug-likeness (QED) is 0.556. The van der Waals surface area contributed by atoms with Gasteiger partial charge in [0.05, 0.1) is 23.7 Å². The predicted molar refractivity (Wildman–Crippen MR) is 118 cm³/mol. The molecule has 0 aliphatic heterocycles. The van der Waals surface area contributed by atoms with Crippen LogP contribution in [0.15, 0.2) is 77.7 Å². The van der Waals surface area contributed by atoms with Crippen molar-refractivity contribution in [2.24, 2.45) is 0 Å². The Labute approximate surface area is 180 Å². The summed E-state index contributed by atoms with van der Waals surface area (Å²) in [4.78, 5) is 12.6. The van der Waals surface area contributed by atoms with Crippen molar-refractivity contribution in [3.8, 4) is 5.75 Å². The van der Waals surface area contributed by atoms with Gasteiger partial charge >= 0.3 is 0 Å². The number of carbonyl (C=O) groups excluding carboxylic acids is 1. The maximum Gasteiger partial charge on any atom is 0.262 e. The second-order valence-electron chi connectivity index (χ2n) is 6.58. The molecular formula is C22H21ClN2O4S. The fourth-order valence-electron chi connectivity index (χ4n) is 2.88. The van der Waals surface area contributed by atoms with Gasteiger partial charge in [-0.25, -0.2) is 8.42 Å². The van der Waals surface area contributed by atoms with E-state index in [2.05, 4.69) is 10.0 Å². The lowest BCUT2D eigenvalue weighted by Gasteiger charge is -2.15. The fraction of sp³-hybridized carbons (Fsp3) is 0.136. The van der Waals surface area contributed by atoms with Crippen LogP contribution in [-0.4, -0.2) is 21.4 Å². The number of para-hydroxylation sites is 2. The van der Waals surface area contributed by atoms with Crippen molar-refractivity contribution in [3.63, 3.8) is 0 Å². The van der Waals surface area contributed by atoms with E-state index < -0.39 is 15.9 Å². The van der Waals surface area contributed by atoms with Gasteiger partial charge in [-0.05, 0) is 55.0 Å². The lowest BCUT2D eigenvalue weighted by Crippen LogP contribution is -2.27. The maximum absolute atomic E-state index is 12.8. The summed E-state index contributed by atoms with van der Waals surface area (Å²) in [7, 11) is -2.46. The highest BCUT2D eigenvalue weighted by atomic mass is 35.5. The van der Waals surface area contributed by atoms with Crippen molar-refractivity contribution in [3.05, 3.63) is 88.9 Å². The van der Waals surface area contributed by atoms with Crippen molar-refractivity contribution in [1.82, 2.24) is 5.32 Å². The minimum atomic E-state index is -3.92. The first kappa shape index (κ1) is 21.7. The van der Waals surface area contributed by atoms with Gasteiger partial charge in [-0.3, -0.25) is 9.52 Å². The number of ether oxygens (including phenoxy) is 1. The highest BCUT2D eigenvalue weighted by molar-refractivity contribution is 7.92. The molecule has 0 fully saturated rings. The third-order valence-electron chi connectivity index (χ3n) is 4.45. The normalized spacial score (nSPS) is 12.1. The number of methoxy groups -OCH3 is 1. The van der Waals surface area contributed by atoms with E-state index in [1.807, 2.05) is 13.0 Å². The zero-order valence-corrected chi connectivity index (χ0v) is 18.0. The van der Waals surface area contributed by atoms with Crippen molar-refractivity contribution >= 4 is 33.2 Å². The molecule has 0 radical (unpaired) electrons. The van der Waals surface area contributed by atoms with Crippen LogP contribution >= 0.6 is 11.6 Å². The first-order chi connectivity index (χ1) is 14.3. The molecule has 0 aliphatic rings. The second kappa shape index (κ2) is 9.19. The number of hydrogen-bond acceptors (Lipinski definition) is 4. The molecule has 1 amide bonds. The van der Waals surface area contributed by atoms with E-state index in [0.717, 1.165) is 5.56 Å². The summed E-state index contributed by atoms with van der Waals surface area (Å²) in [5.41, 5.74) is 1.38. The number of rotatable bonds is 7. The zero-order chi connectivity index (χ0) is 21.7. The van der Waals surface area contributed by atoms with Crippen LogP contribution in [0.5, 0.6) is 5.75 Å². The zero-order valence-electron chi connectivity index (χ0n) is 16.4. The number of sulfonamides is 1. The molecule has 6 nitrogen and oxygen atoms in total. The summed E-state index contributed by atoms with van der Waals surface area (Å²) < 4.78 is 33.3. The van der Waals surface area contributed by atoms with E-state index in [4.69, 9.17) is 16.3 Å². The molecule has 3 rings (SSSR count). The van der Waals surface area contributed by atoms with E-state index in [1.165, 1.54) is 25.3 Å². The summed E-state index contributed by atoms with van der Waals surface area (Å²) in [6, 6.07) is 19.4. The summed E-state index contributed by atoms with van der Waals surface area (Å²) >= 11 is 6.01. The van der Waals surface area contributed by atoms with Crippen molar-refractivity contribution in [2.45, 2.75) is 17.9 Å². The van der Waals surface area contributed by atoms with E-state index in [0.29, 0.717) is 16.5 Å². The van der Waals surface area contributed by atoms with Gasteiger partial charge in [0, 0.05) is 10.6 Å². The Morgan fingerprint density at radius 1 is 1.00 bits per heavy atom. The molecule has 0 saturated carbocycles. The van der Waals surface area contributed by atoms with Crippen LogP contribution < -0.4 is 14.8 Å². The molecule has 0 spiro atoms. The molecule has 0 aliphatic carbocycles. The smallest absolute Gasteiger partial charge is 0.262 e. The molecule has 1 atom stereocenters. The van der Waals surface area contributed by atoms with E-state index in [9.17, 15) is 13.2 Å².